The Labute approximate surface area is 202 Å². The molecule has 3 aromatic rings. The van der Waals surface area contributed by atoms with Gasteiger partial charge in [0.2, 0.25) is 0 Å². The molecule has 2 heterocycles. The summed E-state index contributed by atoms with van der Waals surface area (Å²) in [7, 11) is 0. The number of rotatable bonds is 7. The zero-order valence-corrected chi connectivity index (χ0v) is 19.7. The van der Waals surface area contributed by atoms with E-state index in [4.69, 9.17) is 16.3 Å². The highest BCUT2D eigenvalue weighted by Gasteiger charge is 2.35. The average molecular weight is 480 g/mol. The maximum absolute atomic E-state index is 13.1. The summed E-state index contributed by atoms with van der Waals surface area (Å²) in [5.41, 5.74) is 3.76. The van der Waals surface area contributed by atoms with Gasteiger partial charge in [0.05, 0.1) is 18.3 Å². The van der Waals surface area contributed by atoms with Crippen LogP contribution >= 0.6 is 11.6 Å². The van der Waals surface area contributed by atoms with Crippen LogP contribution in [0.25, 0.3) is 5.69 Å². The molecule has 9 heteroatoms. The van der Waals surface area contributed by atoms with Crippen molar-refractivity contribution < 1.29 is 14.3 Å². The number of morpholine rings is 1. The van der Waals surface area contributed by atoms with Gasteiger partial charge in [0.1, 0.15) is 19.3 Å². The maximum atomic E-state index is 13.1. The summed E-state index contributed by atoms with van der Waals surface area (Å²) in [4.78, 5) is 31.7. The second kappa shape index (κ2) is 9.56. The Morgan fingerprint density at radius 1 is 1.24 bits per heavy atom. The summed E-state index contributed by atoms with van der Waals surface area (Å²) in [6.45, 7) is 2.79. The lowest BCUT2D eigenvalue weighted by Gasteiger charge is -2.36. The van der Waals surface area contributed by atoms with E-state index in [0.29, 0.717) is 23.1 Å². The molecule has 2 aromatic carbocycles. The molecule has 1 saturated carbocycles. The molecule has 1 aromatic heterocycles. The van der Waals surface area contributed by atoms with Crippen LogP contribution in [-0.4, -0.2) is 45.8 Å². The van der Waals surface area contributed by atoms with Gasteiger partial charge >= 0.3 is 0 Å². The number of hydrogen-bond donors (Lipinski definition) is 1. The molecule has 0 spiro atoms. The van der Waals surface area contributed by atoms with E-state index in [0.717, 1.165) is 28.9 Å². The van der Waals surface area contributed by atoms with Gasteiger partial charge in [-0.3, -0.25) is 9.59 Å². The van der Waals surface area contributed by atoms with E-state index in [1.807, 2.05) is 30.0 Å². The quantitative estimate of drug-likeness (QED) is 0.558. The maximum Gasteiger partial charge on any atom is 0.253 e. The van der Waals surface area contributed by atoms with Gasteiger partial charge in [-0.2, -0.15) is 5.10 Å². The molecule has 1 unspecified atom stereocenters. The van der Waals surface area contributed by atoms with Gasteiger partial charge in [-0.15, -0.1) is 0 Å². The SMILES string of the molecule is Cc1cc(C(=O)NCc2cc(Cl)ccc2-n2cncn2)cc(N2C(=O)COCC2CC2CC2)c1. The smallest absolute Gasteiger partial charge is 0.253 e. The molecule has 0 radical (unpaired) electrons. The summed E-state index contributed by atoms with van der Waals surface area (Å²) in [6, 6.07) is 11.0. The van der Waals surface area contributed by atoms with Crippen molar-refractivity contribution in [3.05, 3.63) is 70.8 Å². The number of hydrogen-bond acceptors (Lipinski definition) is 5. The highest BCUT2D eigenvalue weighted by atomic mass is 35.5. The van der Waals surface area contributed by atoms with Crippen molar-refractivity contribution in [1.82, 2.24) is 20.1 Å². The number of amides is 2. The van der Waals surface area contributed by atoms with Crippen LogP contribution in [0.2, 0.25) is 5.02 Å². The number of carbonyl (C=O) groups is 2. The van der Waals surface area contributed by atoms with Gasteiger partial charge in [0, 0.05) is 22.8 Å². The molecule has 0 bridgehead atoms. The lowest BCUT2D eigenvalue weighted by atomic mass is 10.0. The van der Waals surface area contributed by atoms with Crippen LogP contribution < -0.4 is 10.2 Å². The van der Waals surface area contributed by atoms with E-state index < -0.39 is 0 Å². The first-order chi connectivity index (χ1) is 16.5. The lowest BCUT2D eigenvalue weighted by Crippen LogP contribution is -2.50. The molecule has 1 saturated heterocycles. The standard InChI is InChI=1S/C25H26ClN5O3/c1-16-6-18(10-21(7-16)31-22(8-17-2-3-17)12-34-13-24(31)32)25(33)28-11-19-9-20(26)4-5-23(19)30-15-27-14-29-30/h4-7,9-10,14-15,17,22H,2-3,8,11-13H2,1H3,(H,28,33). The van der Waals surface area contributed by atoms with Gasteiger partial charge < -0.3 is 15.0 Å². The van der Waals surface area contributed by atoms with E-state index in [1.165, 1.54) is 19.2 Å². The summed E-state index contributed by atoms with van der Waals surface area (Å²) < 4.78 is 7.16. The van der Waals surface area contributed by atoms with Crippen LogP contribution in [0.4, 0.5) is 5.69 Å². The van der Waals surface area contributed by atoms with Crippen LogP contribution in [0.15, 0.2) is 49.1 Å². The van der Waals surface area contributed by atoms with E-state index in [2.05, 4.69) is 15.4 Å². The average Bonchev–Trinajstić information content (AvgIpc) is 3.46. The number of nitrogens with one attached hydrogen (secondary N) is 1. The number of aryl methyl sites for hydroxylation is 1. The van der Waals surface area contributed by atoms with Crippen molar-refractivity contribution in [2.75, 3.05) is 18.1 Å². The minimum Gasteiger partial charge on any atom is -0.369 e. The summed E-state index contributed by atoms with van der Waals surface area (Å²) in [5.74, 6) is 0.366. The topological polar surface area (TPSA) is 89.4 Å². The molecule has 34 heavy (non-hydrogen) atoms. The number of anilines is 1. The second-order valence-electron chi connectivity index (χ2n) is 8.96. The van der Waals surface area contributed by atoms with E-state index in [1.54, 1.807) is 29.2 Å². The molecule has 2 fully saturated rings. The summed E-state index contributed by atoms with van der Waals surface area (Å²) >= 11 is 6.20. The highest BCUT2D eigenvalue weighted by Crippen LogP contribution is 2.37. The monoisotopic (exact) mass is 479 g/mol. The summed E-state index contributed by atoms with van der Waals surface area (Å²) in [6.07, 6.45) is 6.40. The molecule has 1 aliphatic heterocycles. The number of halogens is 1. The van der Waals surface area contributed by atoms with Gasteiger partial charge in [-0.05, 0) is 66.8 Å². The van der Waals surface area contributed by atoms with Gasteiger partial charge in [-0.25, -0.2) is 9.67 Å². The Morgan fingerprint density at radius 3 is 2.85 bits per heavy atom. The fourth-order valence-corrected chi connectivity index (χ4v) is 4.65. The molecular weight excluding hydrogens is 454 g/mol. The third-order valence-corrected chi connectivity index (χ3v) is 6.46. The van der Waals surface area contributed by atoms with Crippen molar-refractivity contribution >= 4 is 29.1 Å². The van der Waals surface area contributed by atoms with Crippen molar-refractivity contribution in [3.8, 4) is 5.69 Å². The zero-order chi connectivity index (χ0) is 23.7. The minimum absolute atomic E-state index is 0.00293. The number of nitrogens with zero attached hydrogens (tertiary/aromatic N) is 4. The molecule has 1 aliphatic carbocycles. The van der Waals surface area contributed by atoms with Crippen molar-refractivity contribution in [2.45, 2.75) is 38.8 Å². The van der Waals surface area contributed by atoms with Crippen LogP contribution in [0, 0.1) is 12.8 Å². The first-order valence-corrected chi connectivity index (χ1v) is 11.8. The van der Waals surface area contributed by atoms with Gasteiger partial charge in [0.15, 0.2) is 0 Å². The Hall–Kier alpha value is -3.23. The van der Waals surface area contributed by atoms with E-state index in [9.17, 15) is 9.59 Å². The van der Waals surface area contributed by atoms with Crippen molar-refractivity contribution in [3.63, 3.8) is 0 Å². The first-order valence-electron chi connectivity index (χ1n) is 11.4. The number of benzene rings is 2. The predicted molar refractivity (Wildman–Crippen MR) is 128 cm³/mol. The van der Waals surface area contributed by atoms with Gasteiger partial charge in [0.25, 0.3) is 11.8 Å². The van der Waals surface area contributed by atoms with Crippen LogP contribution in [-0.2, 0) is 16.1 Å². The Bertz CT molecular complexity index is 1210. The Morgan fingerprint density at radius 2 is 2.09 bits per heavy atom. The second-order valence-corrected chi connectivity index (χ2v) is 9.40. The Balaban J connectivity index is 1.36. The van der Waals surface area contributed by atoms with Crippen molar-refractivity contribution in [2.24, 2.45) is 5.92 Å². The van der Waals surface area contributed by atoms with E-state index >= 15 is 0 Å². The van der Waals surface area contributed by atoms with Crippen LogP contribution in [0.3, 0.4) is 0 Å². The third kappa shape index (κ3) is 4.98. The predicted octanol–water partition coefficient (Wildman–Crippen LogP) is 3.69. The minimum atomic E-state index is -0.228. The van der Waals surface area contributed by atoms with E-state index in [-0.39, 0.29) is 31.0 Å². The molecule has 5 rings (SSSR count). The fourth-order valence-electron chi connectivity index (χ4n) is 4.46. The third-order valence-electron chi connectivity index (χ3n) is 6.22. The molecule has 2 amide bonds. The lowest BCUT2D eigenvalue weighted by molar-refractivity contribution is -0.127. The van der Waals surface area contributed by atoms with Crippen molar-refractivity contribution in [1.29, 1.82) is 0 Å². The van der Waals surface area contributed by atoms with Crippen LogP contribution in [0.1, 0.15) is 40.7 Å². The first kappa shape index (κ1) is 22.6. The largest absolute Gasteiger partial charge is 0.369 e. The van der Waals surface area contributed by atoms with Crippen LogP contribution in [0.5, 0.6) is 0 Å². The molecule has 1 N–H and O–H groups in total. The normalized spacial score (nSPS) is 18.2. The molecule has 8 nitrogen and oxygen atoms in total. The molecular formula is C25H26ClN5O3. The summed E-state index contributed by atoms with van der Waals surface area (Å²) in [5, 5.41) is 7.73. The zero-order valence-electron chi connectivity index (χ0n) is 18.9. The molecule has 1 atom stereocenters. The number of aromatic nitrogens is 3. The fraction of sp³-hybridized carbons (Fsp3) is 0.360. The Kier molecular flexibility index (Phi) is 6.34. The van der Waals surface area contributed by atoms with Gasteiger partial charge in [-0.1, -0.05) is 24.4 Å². The number of carbonyl (C=O) groups excluding carboxylic acids is 2. The highest BCUT2D eigenvalue weighted by molar-refractivity contribution is 6.30. The number of ether oxygens (including phenoxy) is 1. The molecule has 2 aliphatic rings. The molecule has 176 valence electrons.